The van der Waals surface area contributed by atoms with Gasteiger partial charge in [0.1, 0.15) is 18.4 Å². The molecule has 2 saturated heterocycles. The van der Waals surface area contributed by atoms with E-state index < -0.39 is 6.04 Å². The number of carbonyl (C=O) groups excluding carboxylic acids is 3. The molecule has 1 N–H and O–H groups in total. The maximum Gasteiger partial charge on any atom is 0.253 e. The van der Waals surface area contributed by atoms with Gasteiger partial charge in [-0.3, -0.25) is 14.4 Å². The van der Waals surface area contributed by atoms with Crippen molar-refractivity contribution in [2.75, 3.05) is 43.6 Å². The summed E-state index contributed by atoms with van der Waals surface area (Å²) in [4.78, 5) is 40.9. The lowest BCUT2D eigenvalue weighted by Gasteiger charge is -2.27. The van der Waals surface area contributed by atoms with Gasteiger partial charge in [0, 0.05) is 44.1 Å². The van der Waals surface area contributed by atoms with Gasteiger partial charge in [0.05, 0.1) is 12.7 Å². The highest BCUT2D eigenvalue weighted by Crippen LogP contribution is 2.24. The summed E-state index contributed by atoms with van der Waals surface area (Å²) in [6.45, 7) is 1.33. The van der Waals surface area contributed by atoms with Crippen molar-refractivity contribution in [2.45, 2.75) is 18.6 Å². The van der Waals surface area contributed by atoms with Gasteiger partial charge in [0.25, 0.3) is 5.91 Å². The molecule has 0 aliphatic carbocycles. The molecule has 4 rings (SSSR count). The van der Waals surface area contributed by atoms with Crippen LogP contribution in [0.2, 0.25) is 5.22 Å². The molecule has 1 aromatic carbocycles. The number of halogens is 1. The van der Waals surface area contributed by atoms with Gasteiger partial charge in [-0.2, -0.15) is 0 Å². The summed E-state index contributed by atoms with van der Waals surface area (Å²) < 4.78 is 15.8. The Morgan fingerprint density at radius 3 is 2.67 bits per heavy atom. The number of nitrogens with zero attached hydrogens (tertiary/aromatic N) is 2. The van der Waals surface area contributed by atoms with E-state index in [9.17, 15) is 14.4 Å². The van der Waals surface area contributed by atoms with E-state index in [0.29, 0.717) is 37.6 Å². The zero-order chi connectivity index (χ0) is 23.4. The highest BCUT2D eigenvalue weighted by Gasteiger charge is 2.39. The number of benzene rings is 1. The number of methoxy groups -OCH3 is 1. The van der Waals surface area contributed by atoms with E-state index in [1.54, 1.807) is 48.4 Å². The highest BCUT2D eigenvalue weighted by atomic mass is 35.5. The van der Waals surface area contributed by atoms with Gasteiger partial charge in [-0.15, -0.1) is 0 Å². The first-order chi connectivity index (χ1) is 15.9. The van der Waals surface area contributed by atoms with E-state index in [2.05, 4.69) is 5.32 Å². The van der Waals surface area contributed by atoms with Crippen molar-refractivity contribution in [1.29, 1.82) is 0 Å². The van der Waals surface area contributed by atoms with E-state index in [4.69, 9.17) is 25.5 Å². The second kappa shape index (κ2) is 10.2. The second-order valence-corrected chi connectivity index (χ2v) is 8.08. The van der Waals surface area contributed by atoms with Gasteiger partial charge < -0.3 is 29.0 Å². The summed E-state index contributed by atoms with van der Waals surface area (Å²) in [6.07, 6.45) is 3.00. The van der Waals surface area contributed by atoms with E-state index >= 15 is 0 Å². The third kappa shape index (κ3) is 5.44. The Morgan fingerprint density at radius 2 is 2.00 bits per heavy atom. The molecule has 0 saturated carbocycles. The molecule has 3 amide bonds. The van der Waals surface area contributed by atoms with Crippen LogP contribution < -0.4 is 10.2 Å². The molecule has 0 bridgehead atoms. The SMILES string of the molecule is COC1CC(C(=O)Nc2ccc(N3CCOCC3=O)cc2)N(C(=O)C=Cc2ccc(Cl)o2)C1. The lowest BCUT2D eigenvalue weighted by Crippen LogP contribution is -2.42. The first-order valence-electron chi connectivity index (χ1n) is 10.5. The summed E-state index contributed by atoms with van der Waals surface area (Å²) in [7, 11) is 1.56. The summed E-state index contributed by atoms with van der Waals surface area (Å²) in [6, 6.07) is 9.53. The molecule has 0 spiro atoms. The largest absolute Gasteiger partial charge is 0.445 e. The zero-order valence-electron chi connectivity index (χ0n) is 18.0. The van der Waals surface area contributed by atoms with Crippen LogP contribution in [0.5, 0.6) is 0 Å². The van der Waals surface area contributed by atoms with E-state index in [1.165, 1.54) is 17.1 Å². The Kier molecular flexibility index (Phi) is 7.12. The average molecular weight is 474 g/mol. The number of morpholine rings is 1. The van der Waals surface area contributed by atoms with Crippen molar-refractivity contribution >= 4 is 46.8 Å². The van der Waals surface area contributed by atoms with Crippen molar-refractivity contribution in [2.24, 2.45) is 0 Å². The van der Waals surface area contributed by atoms with Crippen LogP contribution in [0.15, 0.2) is 46.9 Å². The number of likely N-dealkylation sites (tertiary alicyclic amines) is 1. The number of hydrogen-bond acceptors (Lipinski definition) is 6. The third-order valence-electron chi connectivity index (χ3n) is 5.60. The first-order valence-corrected chi connectivity index (χ1v) is 10.9. The first kappa shape index (κ1) is 23.0. The molecule has 2 aliphatic heterocycles. The van der Waals surface area contributed by atoms with E-state index in [1.807, 2.05) is 0 Å². The van der Waals surface area contributed by atoms with Crippen LogP contribution in [0.3, 0.4) is 0 Å². The van der Waals surface area contributed by atoms with Crippen molar-refractivity contribution in [1.82, 2.24) is 4.90 Å². The summed E-state index contributed by atoms with van der Waals surface area (Å²) >= 11 is 5.75. The summed E-state index contributed by atoms with van der Waals surface area (Å²) in [5, 5.41) is 3.08. The average Bonchev–Trinajstić information content (AvgIpc) is 3.45. The second-order valence-electron chi connectivity index (χ2n) is 7.71. The molecule has 10 heteroatoms. The van der Waals surface area contributed by atoms with Gasteiger partial charge in [-0.05, 0) is 54.1 Å². The Bertz CT molecular complexity index is 1050. The minimum atomic E-state index is -0.687. The number of anilines is 2. The molecular weight excluding hydrogens is 450 g/mol. The smallest absolute Gasteiger partial charge is 0.253 e. The quantitative estimate of drug-likeness (QED) is 0.647. The minimum absolute atomic E-state index is 0.0616. The Morgan fingerprint density at radius 1 is 1.21 bits per heavy atom. The third-order valence-corrected chi connectivity index (χ3v) is 5.80. The van der Waals surface area contributed by atoms with Gasteiger partial charge in [0.2, 0.25) is 11.8 Å². The van der Waals surface area contributed by atoms with Crippen molar-refractivity contribution in [3.05, 3.63) is 53.5 Å². The van der Waals surface area contributed by atoms with Crippen LogP contribution in [0.4, 0.5) is 11.4 Å². The fourth-order valence-corrected chi connectivity index (χ4v) is 4.02. The van der Waals surface area contributed by atoms with Gasteiger partial charge in [-0.25, -0.2) is 0 Å². The number of hydrogen-bond donors (Lipinski definition) is 1. The van der Waals surface area contributed by atoms with Crippen LogP contribution in [0.25, 0.3) is 6.08 Å². The standard InChI is InChI=1S/C23H24ClN3O6/c1-31-18-12-19(27(13-18)21(28)9-7-17-6-8-20(24)33-17)23(30)25-15-2-4-16(5-3-15)26-10-11-32-14-22(26)29/h2-9,18-19H,10-14H2,1H3,(H,25,30). The fraction of sp³-hybridized carbons (Fsp3) is 0.348. The topological polar surface area (TPSA) is 101 Å². The van der Waals surface area contributed by atoms with Crippen LogP contribution in [0.1, 0.15) is 12.2 Å². The van der Waals surface area contributed by atoms with E-state index in [0.717, 1.165) is 5.69 Å². The van der Waals surface area contributed by atoms with Gasteiger partial charge in [0.15, 0.2) is 5.22 Å². The van der Waals surface area contributed by atoms with Crippen LogP contribution in [0, 0.1) is 0 Å². The maximum atomic E-state index is 13.0. The monoisotopic (exact) mass is 473 g/mol. The molecular formula is C23H24ClN3O6. The van der Waals surface area contributed by atoms with Crippen LogP contribution >= 0.6 is 11.6 Å². The fourth-order valence-electron chi connectivity index (χ4n) is 3.87. The molecule has 3 heterocycles. The number of nitrogens with one attached hydrogen (secondary N) is 1. The van der Waals surface area contributed by atoms with Gasteiger partial charge in [-0.1, -0.05) is 0 Å². The lowest BCUT2D eigenvalue weighted by molar-refractivity contribution is -0.132. The number of amides is 3. The number of rotatable bonds is 6. The predicted molar refractivity (Wildman–Crippen MR) is 122 cm³/mol. The zero-order valence-corrected chi connectivity index (χ0v) is 18.8. The Hall–Kier alpha value is -3.14. The van der Waals surface area contributed by atoms with Gasteiger partial charge >= 0.3 is 0 Å². The Balaban J connectivity index is 1.42. The predicted octanol–water partition coefficient (Wildman–Crippen LogP) is 2.56. The molecule has 1 aromatic heterocycles. The molecule has 0 radical (unpaired) electrons. The maximum absolute atomic E-state index is 13.0. The molecule has 2 aromatic rings. The van der Waals surface area contributed by atoms with Crippen LogP contribution in [-0.2, 0) is 23.9 Å². The normalized spacial score (nSPS) is 21.1. The molecule has 174 valence electrons. The summed E-state index contributed by atoms with van der Waals surface area (Å²) in [5.41, 5.74) is 1.31. The van der Waals surface area contributed by atoms with Crippen LogP contribution in [-0.4, -0.2) is 68.2 Å². The summed E-state index contributed by atoms with van der Waals surface area (Å²) in [5.74, 6) is -0.305. The molecule has 2 atom stereocenters. The Labute approximate surface area is 195 Å². The molecule has 33 heavy (non-hydrogen) atoms. The number of carbonyl (C=O) groups is 3. The minimum Gasteiger partial charge on any atom is -0.445 e. The molecule has 2 aliphatic rings. The van der Waals surface area contributed by atoms with E-state index in [-0.39, 0.29) is 35.7 Å². The van der Waals surface area contributed by atoms with Crippen molar-refractivity contribution in [3.8, 4) is 0 Å². The number of furan rings is 1. The molecule has 2 fully saturated rings. The molecule has 9 nitrogen and oxygen atoms in total. The molecule has 2 unspecified atom stereocenters. The van der Waals surface area contributed by atoms with Crippen molar-refractivity contribution in [3.63, 3.8) is 0 Å². The lowest BCUT2D eigenvalue weighted by atomic mass is 10.1. The van der Waals surface area contributed by atoms with Crippen molar-refractivity contribution < 1.29 is 28.3 Å². The number of ether oxygens (including phenoxy) is 2. The highest BCUT2D eigenvalue weighted by molar-refractivity contribution is 6.28.